The summed E-state index contributed by atoms with van der Waals surface area (Å²) in [7, 11) is 0. The Morgan fingerprint density at radius 2 is 1.90 bits per heavy atom. The number of amides is 3. The molecule has 0 radical (unpaired) electrons. The average Bonchev–Trinajstić information content (AvgIpc) is 3.20. The van der Waals surface area contributed by atoms with Crippen LogP contribution in [0.2, 0.25) is 0 Å². The van der Waals surface area contributed by atoms with Gasteiger partial charge < -0.3 is 30.9 Å². The normalized spacial score (nSPS) is 15.1. The molecule has 222 valence electrons. The zero-order valence-corrected chi connectivity index (χ0v) is 24.6. The van der Waals surface area contributed by atoms with Crippen molar-refractivity contribution in [3.8, 4) is 0 Å². The maximum Gasteiger partial charge on any atom is 0.410 e. The molecule has 2 aromatic heterocycles. The van der Waals surface area contributed by atoms with Crippen LogP contribution in [-0.2, 0) is 35.5 Å². The number of anilines is 4. The van der Waals surface area contributed by atoms with Crippen LogP contribution in [0.4, 0.5) is 28.1 Å². The molecule has 4 heterocycles. The number of ether oxygens (including phenoxy) is 1. The highest BCUT2D eigenvalue weighted by Gasteiger charge is 2.28. The van der Waals surface area contributed by atoms with Crippen molar-refractivity contribution in [3.63, 3.8) is 0 Å². The highest BCUT2D eigenvalue weighted by molar-refractivity contribution is 5.98. The van der Waals surface area contributed by atoms with Gasteiger partial charge in [0.2, 0.25) is 11.9 Å². The number of fused-ring (bicyclic) bond motifs is 2. The van der Waals surface area contributed by atoms with Gasteiger partial charge in [0.05, 0.1) is 18.7 Å². The molecule has 2 aliphatic rings. The number of benzene rings is 1. The molecule has 0 saturated heterocycles. The lowest BCUT2D eigenvalue weighted by Crippen LogP contribution is -2.40. The highest BCUT2D eigenvalue weighted by atomic mass is 16.6. The minimum Gasteiger partial charge on any atom is -0.444 e. The number of carbonyl (C=O) groups is 3. The van der Waals surface area contributed by atoms with Crippen molar-refractivity contribution >= 4 is 41.2 Å². The first-order valence-electron chi connectivity index (χ1n) is 14.0. The largest absolute Gasteiger partial charge is 0.444 e. The second-order valence-corrected chi connectivity index (χ2v) is 11.8. The number of nitrogens with two attached hydrogens (primary N) is 1. The van der Waals surface area contributed by atoms with Crippen molar-refractivity contribution in [2.45, 2.75) is 72.2 Å². The van der Waals surface area contributed by atoms with E-state index < -0.39 is 11.5 Å². The van der Waals surface area contributed by atoms with Gasteiger partial charge in [-0.05, 0) is 58.2 Å². The molecule has 13 heteroatoms. The number of hydrogen-bond donors (Lipinski definition) is 3. The Kier molecular flexibility index (Phi) is 7.76. The van der Waals surface area contributed by atoms with Crippen molar-refractivity contribution in [2.75, 3.05) is 23.7 Å². The van der Waals surface area contributed by atoms with Crippen LogP contribution in [0.15, 0.2) is 30.5 Å². The minimum atomic E-state index is -0.674. The molecule has 0 aliphatic carbocycles. The highest BCUT2D eigenvalue weighted by Crippen LogP contribution is 2.30. The Morgan fingerprint density at radius 1 is 1.12 bits per heavy atom. The SMILES string of the molecule is CC(C)N1CCn2nc(Nc3ncc(C(N)=O)c(Nc4cccc5c4CCN(C(=O)OC(C)(C)C)C5)n3)cc2CC1=O. The van der Waals surface area contributed by atoms with Crippen LogP contribution < -0.4 is 16.4 Å². The predicted molar refractivity (Wildman–Crippen MR) is 157 cm³/mol. The zero-order valence-electron chi connectivity index (χ0n) is 24.6. The Morgan fingerprint density at radius 3 is 2.62 bits per heavy atom. The number of carbonyl (C=O) groups excluding carboxylic acids is 3. The number of rotatable bonds is 6. The number of nitrogens with one attached hydrogen (secondary N) is 2. The van der Waals surface area contributed by atoms with Crippen molar-refractivity contribution < 1.29 is 19.1 Å². The summed E-state index contributed by atoms with van der Waals surface area (Å²) in [5.41, 5.74) is 8.74. The summed E-state index contributed by atoms with van der Waals surface area (Å²) < 4.78 is 7.36. The first-order valence-corrected chi connectivity index (χ1v) is 14.0. The molecule has 0 saturated carbocycles. The third-order valence-corrected chi connectivity index (χ3v) is 7.16. The summed E-state index contributed by atoms with van der Waals surface area (Å²) in [6.45, 7) is 11.6. The summed E-state index contributed by atoms with van der Waals surface area (Å²) in [4.78, 5) is 49.9. The lowest BCUT2D eigenvalue weighted by atomic mass is 9.98. The van der Waals surface area contributed by atoms with E-state index in [9.17, 15) is 14.4 Å². The van der Waals surface area contributed by atoms with E-state index in [2.05, 4.69) is 25.7 Å². The fraction of sp³-hybridized carbons (Fsp3) is 0.448. The van der Waals surface area contributed by atoms with Crippen LogP contribution in [0.3, 0.4) is 0 Å². The molecule has 0 bridgehead atoms. The molecule has 4 N–H and O–H groups in total. The Balaban J connectivity index is 1.35. The Labute approximate surface area is 244 Å². The monoisotopic (exact) mass is 575 g/mol. The summed E-state index contributed by atoms with van der Waals surface area (Å²) >= 11 is 0. The van der Waals surface area contributed by atoms with E-state index in [1.54, 1.807) is 4.90 Å². The molecule has 0 spiro atoms. The van der Waals surface area contributed by atoms with E-state index in [0.717, 1.165) is 22.5 Å². The topological polar surface area (TPSA) is 161 Å². The first-order chi connectivity index (χ1) is 19.9. The van der Waals surface area contributed by atoms with Crippen molar-refractivity contribution in [2.24, 2.45) is 5.73 Å². The van der Waals surface area contributed by atoms with E-state index in [1.165, 1.54) is 6.20 Å². The first kappa shape index (κ1) is 28.8. The van der Waals surface area contributed by atoms with Crippen molar-refractivity contribution in [3.05, 3.63) is 52.8 Å². The molecule has 3 amide bonds. The fourth-order valence-electron chi connectivity index (χ4n) is 5.15. The van der Waals surface area contributed by atoms with Crippen LogP contribution in [0, 0.1) is 0 Å². The molecule has 0 fully saturated rings. The third kappa shape index (κ3) is 6.29. The molecule has 0 atom stereocenters. The summed E-state index contributed by atoms with van der Waals surface area (Å²) in [6, 6.07) is 7.68. The maximum absolute atomic E-state index is 12.7. The van der Waals surface area contributed by atoms with E-state index in [0.29, 0.717) is 38.4 Å². The molecular weight excluding hydrogens is 538 g/mol. The van der Waals surface area contributed by atoms with Crippen molar-refractivity contribution in [1.29, 1.82) is 0 Å². The van der Waals surface area contributed by atoms with Gasteiger partial charge in [0.15, 0.2) is 5.82 Å². The Bertz CT molecular complexity index is 1530. The van der Waals surface area contributed by atoms with Gasteiger partial charge in [0.1, 0.15) is 17.0 Å². The average molecular weight is 576 g/mol. The lowest BCUT2D eigenvalue weighted by Gasteiger charge is -2.32. The smallest absolute Gasteiger partial charge is 0.410 e. The standard InChI is InChI=1S/C29H37N9O4/c1-17(2)37-11-12-38-19(14-24(37)39)13-23(35-38)33-27-31-15-21(25(30)40)26(34-27)32-22-8-6-7-18-16-36(10-9-20(18)22)28(41)42-29(3,4)5/h6-8,13,15,17H,9-12,14,16H2,1-5H3,(H2,30,40)(H2,31,32,33,34,35). The summed E-state index contributed by atoms with van der Waals surface area (Å²) in [5.74, 6) is 0.335. The van der Waals surface area contributed by atoms with Gasteiger partial charge in [-0.25, -0.2) is 9.78 Å². The van der Waals surface area contributed by atoms with Crippen LogP contribution in [0.25, 0.3) is 0 Å². The Hall–Kier alpha value is -4.68. The van der Waals surface area contributed by atoms with Crippen LogP contribution in [0.5, 0.6) is 0 Å². The molecule has 2 aliphatic heterocycles. The van der Waals surface area contributed by atoms with Gasteiger partial charge >= 0.3 is 6.09 Å². The quantitative estimate of drug-likeness (QED) is 0.400. The molecule has 0 unspecified atom stereocenters. The van der Waals surface area contributed by atoms with E-state index in [4.69, 9.17) is 10.5 Å². The number of primary amides is 1. The molecule has 5 rings (SSSR count). The minimum absolute atomic E-state index is 0.0594. The molecule has 13 nitrogen and oxygen atoms in total. The van der Waals surface area contributed by atoms with Gasteiger partial charge in [-0.1, -0.05) is 12.1 Å². The van der Waals surface area contributed by atoms with Gasteiger partial charge in [0.25, 0.3) is 5.91 Å². The maximum atomic E-state index is 12.7. The van der Waals surface area contributed by atoms with Gasteiger partial charge in [0, 0.05) is 43.6 Å². The fourth-order valence-corrected chi connectivity index (χ4v) is 5.15. The van der Waals surface area contributed by atoms with Gasteiger partial charge in [-0.3, -0.25) is 14.3 Å². The van der Waals surface area contributed by atoms with Gasteiger partial charge in [-0.2, -0.15) is 10.1 Å². The molecule has 42 heavy (non-hydrogen) atoms. The zero-order chi connectivity index (χ0) is 30.2. The number of aromatic nitrogens is 4. The van der Waals surface area contributed by atoms with Crippen LogP contribution in [0.1, 0.15) is 61.8 Å². The number of hydrogen-bond acceptors (Lipinski definition) is 9. The van der Waals surface area contributed by atoms with Crippen molar-refractivity contribution in [1.82, 2.24) is 29.5 Å². The van der Waals surface area contributed by atoms with E-state index >= 15 is 0 Å². The lowest BCUT2D eigenvalue weighted by molar-refractivity contribution is -0.131. The summed E-state index contributed by atoms with van der Waals surface area (Å²) in [5, 5.41) is 11.0. The molecular formula is C29H37N9O4. The van der Waals surface area contributed by atoms with Crippen LogP contribution in [-0.4, -0.2) is 72.2 Å². The van der Waals surface area contributed by atoms with E-state index in [-0.39, 0.29) is 41.8 Å². The van der Waals surface area contributed by atoms with E-state index in [1.807, 2.05) is 68.5 Å². The predicted octanol–water partition coefficient (Wildman–Crippen LogP) is 3.35. The molecule has 3 aromatic rings. The second-order valence-electron chi connectivity index (χ2n) is 11.8. The third-order valence-electron chi connectivity index (χ3n) is 7.16. The number of nitrogens with zero attached hydrogens (tertiary/aromatic N) is 6. The van der Waals surface area contributed by atoms with Gasteiger partial charge in [-0.15, -0.1) is 0 Å². The second kappa shape index (κ2) is 11.3. The van der Waals surface area contributed by atoms with Crippen LogP contribution >= 0.6 is 0 Å². The molecule has 1 aromatic carbocycles. The summed E-state index contributed by atoms with van der Waals surface area (Å²) in [6.07, 6.45) is 1.86.